The van der Waals surface area contributed by atoms with Crippen LogP contribution in [0.25, 0.3) is 11.1 Å². The molecule has 0 radical (unpaired) electrons. The van der Waals surface area contributed by atoms with E-state index in [0.29, 0.717) is 23.4 Å². The summed E-state index contributed by atoms with van der Waals surface area (Å²) in [7, 11) is -3.45. The van der Waals surface area contributed by atoms with E-state index in [2.05, 4.69) is 4.98 Å². The molecular formula is C10H10ClNO3S. The van der Waals surface area contributed by atoms with Crippen LogP contribution in [-0.2, 0) is 9.84 Å². The van der Waals surface area contributed by atoms with Gasteiger partial charge in [0.25, 0.3) is 0 Å². The van der Waals surface area contributed by atoms with E-state index >= 15 is 0 Å². The molecule has 4 nitrogen and oxygen atoms in total. The number of nitrogens with zero attached hydrogens (tertiary/aromatic N) is 1. The van der Waals surface area contributed by atoms with Crippen molar-refractivity contribution in [1.82, 2.24) is 4.98 Å². The third kappa shape index (κ3) is 2.20. The zero-order chi connectivity index (χ0) is 11.6. The molecule has 1 aromatic heterocycles. The first-order valence-electron chi connectivity index (χ1n) is 4.78. The number of benzene rings is 1. The Morgan fingerprint density at radius 2 is 2.06 bits per heavy atom. The normalized spacial score (nSPS) is 12.1. The van der Waals surface area contributed by atoms with E-state index in [1.807, 2.05) is 0 Å². The zero-order valence-corrected chi connectivity index (χ0v) is 9.96. The van der Waals surface area contributed by atoms with Gasteiger partial charge in [-0.3, -0.25) is 0 Å². The Balaban J connectivity index is 2.40. The summed E-state index contributed by atoms with van der Waals surface area (Å²) in [6.45, 7) is 0. The van der Waals surface area contributed by atoms with Gasteiger partial charge in [-0.25, -0.2) is 8.42 Å². The van der Waals surface area contributed by atoms with Crippen LogP contribution in [-0.4, -0.2) is 25.0 Å². The lowest BCUT2D eigenvalue weighted by Gasteiger charge is -1.95. The smallest absolute Gasteiger partial charge is 0.316 e. The lowest BCUT2D eigenvalue weighted by molar-refractivity contribution is 0.458. The van der Waals surface area contributed by atoms with Crippen molar-refractivity contribution in [2.45, 2.75) is 11.6 Å². The van der Waals surface area contributed by atoms with Crippen LogP contribution < -0.4 is 0 Å². The van der Waals surface area contributed by atoms with E-state index in [1.165, 1.54) is 0 Å². The van der Waals surface area contributed by atoms with E-state index < -0.39 is 9.84 Å². The van der Waals surface area contributed by atoms with Gasteiger partial charge in [-0.15, -0.1) is 11.6 Å². The first-order valence-corrected chi connectivity index (χ1v) is 6.96. The number of oxazole rings is 1. The predicted molar refractivity (Wildman–Crippen MR) is 61.4 cm³/mol. The quantitative estimate of drug-likeness (QED) is 0.790. The molecule has 2 rings (SSSR count). The molecule has 0 aliphatic rings. The third-order valence-electron chi connectivity index (χ3n) is 2.09. The highest BCUT2D eigenvalue weighted by molar-refractivity contribution is 7.91. The Kier molecular flexibility index (Phi) is 3.16. The first kappa shape index (κ1) is 11.4. The van der Waals surface area contributed by atoms with Crippen molar-refractivity contribution in [2.75, 3.05) is 11.6 Å². The fraction of sp³-hybridized carbons (Fsp3) is 0.300. The highest BCUT2D eigenvalue weighted by Crippen LogP contribution is 2.19. The SMILES string of the molecule is O=S(=O)(CCCCl)c1nc2ccccc2o1. The Hall–Kier alpha value is -1.07. The summed E-state index contributed by atoms with van der Waals surface area (Å²) in [5.41, 5.74) is 1.03. The van der Waals surface area contributed by atoms with Crippen LogP contribution >= 0.6 is 11.6 Å². The molecule has 0 saturated heterocycles. The highest BCUT2D eigenvalue weighted by atomic mass is 35.5. The lowest BCUT2D eigenvalue weighted by atomic mass is 10.3. The number of fused-ring (bicyclic) bond motifs is 1. The molecule has 0 aliphatic heterocycles. The van der Waals surface area contributed by atoms with Gasteiger partial charge < -0.3 is 4.42 Å². The van der Waals surface area contributed by atoms with Crippen molar-refractivity contribution in [3.05, 3.63) is 24.3 Å². The Morgan fingerprint density at radius 3 is 2.75 bits per heavy atom. The number of hydrogen-bond donors (Lipinski definition) is 0. The number of alkyl halides is 1. The minimum absolute atomic E-state index is 0.0384. The molecule has 0 amide bonds. The molecule has 0 fully saturated rings. The molecule has 86 valence electrons. The summed E-state index contributed by atoms with van der Waals surface area (Å²) in [5.74, 6) is 0.267. The van der Waals surface area contributed by atoms with Crippen LogP contribution in [0.2, 0.25) is 0 Å². The fourth-order valence-electron chi connectivity index (χ4n) is 1.32. The molecule has 0 aliphatic carbocycles. The van der Waals surface area contributed by atoms with Gasteiger partial charge in [0.15, 0.2) is 5.58 Å². The van der Waals surface area contributed by atoms with E-state index in [0.717, 1.165) is 0 Å². The minimum atomic E-state index is -3.45. The zero-order valence-electron chi connectivity index (χ0n) is 8.39. The van der Waals surface area contributed by atoms with Gasteiger partial charge in [0.05, 0.1) is 5.75 Å². The predicted octanol–water partition coefficient (Wildman–Crippen LogP) is 2.23. The van der Waals surface area contributed by atoms with Crippen molar-refractivity contribution >= 4 is 32.5 Å². The molecule has 0 atom stereocenters. The van der Waals surface area contributed by atoms with Gasteiger partial charge in [-0.2, -0.15) is 4.98 Å². The van der Waals surface area contributed by atoms with Crippen LogP contribution in [0.1, 0.15) is 6.42 Å². The van der Waals surface area contributed by atoms with Crippen LogP contribution in [0, 0.1) is 0 Å². The standard InChI is InChI=1S/C10H10ClNO3S/c11-6-3-7-16(13,14)10-12-8-4-1-2-5-9(8)15-10/h1-2,4-5H,3,6-7H2. The largest absolute Gasteiger partial charge is 0.428 e. The fourth-order valence-corrected chi connectivity index (χ4v) is 2.76. The van der Waals surface area contributed by atoms with Crippen molar-refractivity contribution < 1.29 is 12.8 Å². The second-order valence-corrected chi connectivity index (χ2v) is 5.67. The average molecular weight is 260 g/mol. The van der Waals surface area contributed by atoms with Gasteiger partial charge >= 0.3 is 5.22 Å². The van der Waals surface area contributed by atoms with Crippen LogP contribution in [0.15, 0.2) is 33.9 Å². The summed E-state index contributed by atoms with van der Waals surface area (Å²) in [6, 6.07) is 6.94. The summed E-state index contributed by atoms with van der Waals surface area (Å²) in [4.78, 5) is 3.94. The van der Waals surface area contributed by atoms with Crippen molar-refractivity contribution in [3.63, 3.8) is 0 Å². The minimum Gasteiger partial charge on any atom is -0.428 e. The third-order valence-corrected chi connectivity index (χ3v) is 3.89. The second kappa shape index (κ2) is 4.43. The molecule has 1 heterocycles. The number of sulfone groups is 1. The summed E-state index contributed by atoms with van der Waals surface area (Å²) < 4.78 is 28.7. The maximum Gasteiger partial charge on any atom is 0.316 e. The molecule has 0 spiro atoms. The summed E-state index contributed by atoms with van der Waals surface area (Å²) >= 11 is 5.46. The van der Waals surface area contributed by atoms with Crippen LogP contribution in [0.3, 0.4) is 0 Å². The van der Waals surface area contributed by atoms with E-state index in [4.69, 9.17) is 16.0 Å². The van der Waals surface area contributed by atoms with E-state index in [-0.39, 0.29) is 11.0 Å². The topological polar surface area (TPSA) is 60.2 Å². The maximum absolute atomic E-state index is 11.7. The first-order chi connectivity index (χ1) is 7.63. The molecule has 1 aromatic carbocycles. The number of halogens is 1. The van der Waals surface area contributed by atoms with Crippen molar-refractivity contribution in [2.24, 2.45) is 0 Å². The molecule has 0 bridgehead atoms. The van der Waals surface area contributed by atoms with E-state index in [1.54, 1.807) is 24.3 Å². The number of hydrogen-bond acceptors (Lipinski definition) is 4. The number of rotatable bonds is 4. The maximum atomic E-state index is 11.7. The number of para-hydroxylation sites is 2. The molecular weight excluding hydrogens is 250 g/mol. The van der Waals surface area contributed by atoms with Gasteiger partial charge in [0, 0.05) is 5.88 Å². The monoisotopic (exact) mass is 259 g/mol. The van der Waals surface area contributed by atoms with Crippen molar-refractivity contribution in [3.8, 4) is 0 Å². The Bertz CT molecular complexity index is 558. The lowest BCUT2D eigenvalue weighted by Crippen LogP contribution is -2.07. The van der Waals surface area contributed by atoms with Gasteiger partial charge in [0.1, 0.15) is 5.52 Å². The molecule has 0 saturated carbocycles. The molecule has 0 N–H and O–H groups in total. The van der Waals surface area contributed by atoms with Crippen LogP contribution in [0.4, 0.5) is 0 Å². The van der Waals surface area contributed by atoms with Gasteiger partial charge in [0.2, 0.25) is 9.84 Å². The average Bonchev–Trinajstić information content (AvgIpc) is 2.71. The van der Waals surface area contributed by atoms with Crippen molar-refractivity contribution in [1.29, 1.82) is 0 Å². The van der Waals surface area contributed by atoms with E-state index in [9.17, 15) is 8.42 Å². The highest BCUT2D eigenvalue weighted by Gasteiger charge is 2.20. The molecule has 16 heavy (non-hydrogen) atoms. The summed E-state index contributed by atoms with van der Waals surface area (Å²) in [6.07, 6.45) is 0.391. The Labute approximate surface area is 98.2 Å². The number of aromatic nitrogens is 1. The summed E-state index contributed by atoms with van der Waals surface area (Å²) in [5, 5.41) is -0.223. The van der Waals surface area contributed by atoms with Crippen LogP contribution in [0.5, 0.6) is 0 Å². The second-order valence-electron chi connectivity index (χ2n) is 3.31. The molecule has 0 unspecified atom stereocenters. The molecule has 6 heteroatoms. The Morgan fingerprint density at radius 1 is 1.31 bits per heavy atom. The van der Waals surface area contributed by atoms with Gasteiger partial charge in [-0.05, 0) is 18.6 Å². The van der Waals surface area contributed by atoms with Gasteiger partial charge in [-0.1, -0.05) is 12.1 Å². The molecule has 2 aromatic rings.